The molecule has 0 aliphatic carbocycles. The van der Waals surface area contributed by atoms with Crippen LogP contribution in [0.15, 0.2) is 0 Å². The smallest absolute Gasteiger partial charge is 0.0587 e. The normalized spacial score (nSPS) is 1.60. The molecule has 0 unspecified atom stereocenters. The fraction of sp³-hybridized carbons (Fsp3) is 0.500. The Balaban J connectivity index is -0.0000000200. The van der Waals surface area contributed by atoms with E-state index in [1.165, 1.54) is 6.92 Å². The Morgan fingerprint density at radius 1 is 1.60 bits per heavy atom. The number of nitrogens with zero attached hydrogens (tertiary/aromatic N) is 1. The quantitative estimate of drug-likeness (QED) is 0.410. The molecule has 0 fully saturated rings. The van der Waals surface area contributed by atoms with Gasteiger partial charge in [-0.25, -0.2) is 0 Å². The van der Waals surface area contributed by atoms with Gasteiger partial charge in [-0.2, -0.15) is 18.8 Å². The Morgan fingerprint density at radius 2 is 1.60 bits per heavy atom. The van der Waals surface area contributed by atoms with Gasteiger partial charge < -0.3 is 5.48 Å². The first-order valence-electron chi connectivity index (χ1n) is 0.724. The Labute approximate surface area is 38.2 Å². The summed E-state index contributed by atoms with van der Waals surface area (Å²) in [7, 11) is 0. The van der Waals surface area contributed by atoms with Crippen molar-refractivity contribution >= 4 is 13.5 Å². The van der Waals surface area contributed by atoms with E-state index in [1.807, 2.05) is 0 Å². The summed E-state index contributed by atoms with van der Waals surface area (Å²) in [5.41, 5.74) is 0. The molecule has 0 bridgehead atoms. The zero-order valence-electron chi connectivity index (χ0n) is 2.95. The van der Waals surface area contributed by atoms with Crippen LogP contribution in [0.4, 0.5) is 0 Å². The van der Waals surface area contributed by atoms with E-state index < -0.39 is 0 Å². The summed E-state index contributed by atoms with van der Waals surface area (Å²) in [4.78, 5) is 0. The van der Waals surface area contributed by atoms with Crippen molar-refractivity contribution in [3.8, 4) is 6.07 Å². The van der Waals surface area contributed by atoms with Crippen molar-refractivity contribution < 1.29 is 5.48 Å². The second-order valence-electron chi connectivity index (χ2n) is 0.224. The van der Waals surface area contributed by atoms with Gasteiger partial charge in [0.15, 0.2) is 0 Å². The number of nitriles is 1. The molecule has 32 valence electrons. The maximum atomic E-state index is 7.32. The van der Waals surface area contributed by atoms with Crippen molar-refractivity contribution in [2.45, 2.75) is 6.92 Å². The minimum atomic E-state index is 0. The summed E-state index contributed by atoms with van der Waals surface area (Å²) in [6.07, 6.45) is 0. The number of hydrogen-bond donors (Lipinski definition) is 0. The van der Waals surface area contributed by atoms with Crippen LogP contribution in [-0.2, 0) is 0 Å². The molecule has 0 saturated carbocycles. The van der Waals surface area contributed by atoms with E-state index in [4.69, 9.17) is 5.26 Å². The van der Waals surface area contributed by atoms with Gasteiger partial charge in [0, 0.05) is 6.92 Å². The molecule has 0 atom stereocenters. The zero-order valence-corrected chi connectivity index (χ0v) is 3.95. The number of rotatable bonds is 0. The van der Waals surface area contributed by atoms with E-state index in [1.54, 1.807) is 6.07 Å². The summed E-state index contributed by atoms with van der Waals surface area (Å²) in [5, 5.41) is 7.32. The van der Waals surface area contributed by atoms with Gasteiger partial charge in [-0.15, -0.1) is 0 Å². The number of hydrogen-bond acceptors (Lipinski definition) is 1. The molecule has 0 aromatic carbocycles. The molecule has 0 amide bonds. The van der Waals surface area contributed by atoms with Crippen LogP contribution in [0.5, 0.6) is 0 Å². The van der Waals surface area contributed by atoms with Gasteiger partial charge in [0.2, 0.25) is 0 Å². The van der Waals surface area contributed by atoms with Crippen LogP contribution >= 0.6 is 13.5 Å². The lowest BCUT2D eigenvalue weighted by molar-refractivity contribution is 0.824. The summed E-state index contributed by atoms with van der Waals surface area (Å²) >= 11 is 0. The van der Waals surface area contributed by atoms with Gasteiger partial charge in [0.05, 0.1) is 6.07 Å². The molecule has 0 spiro atoms. The fourth-order valence-corrected chi connectivity index (χ4v) is 0. The first-order valence-corrected chi connectivity index (χ1v) is 0.724. The van der Waals surface area contributed by atoms with E-state index >= 15 is 0 Å². The van der Waals surface area contributed by atoms with Crippen LogP contribution in [0.25, 0.3) is 0 Å². The van der Waals surface area contributed by atoms with Gasteiger partial charge in [-0.05, 0) is 0 Å². The second-order valence-corrected chi connectivity index (χ2v) is 0.224. The molecule has 0 aromatic rings. The van der Waals surface area contributed by atoms with Crippen molar-refractivity contribution in [2.24, 2.45) is 0 Å². The Morgan fingerprint density at radius 3 is 1.60 bits per heavy atom. The highest BCUT2D eigenvalue weighted by Gasteiger charge is 1.17. The minimum Gasteiger partial charge on any atom is -0.412 e. The molecule has 3 heteroatoms. The Hall–Kier alpha value is -0.200. The predicted octanol–water partition coefficient (Wildman–Crippen LogP) is -0.182. The Bertz CT molecular complexity index is 31.1. The van der Waals surface area contributed by atoms with Gasteiger partial charge in [0.25, 0.3) is 0 Å². The molecular formula is C2H7NOS. The van der Waals surface area contributed by atoms with Gasteiger partial charge in [-0.1, -0.05) is 0 Å². The molecule has 2 nitrogen and oxygen atoms in total. The molecule has 0 aliphatic heterocycles. The van der Waals surface area contributed by atoms with E-state index in [9.17, 15) is 0 Å². The van der Waals surface area contributed by atoms with Gasteiger partial charge >= 0.3 is 0 Å². The zero-order chi connectivity index (χ0) is 2.71. The van der Waals surface area contributed by atoms with Crippen LogP contribution in [0.2, 0.25) is 0 Å². The van der Waals surface area contributed by atoms with Crippen LogP contribution in [0, 0.1) is 11.3 Å². The SMILES string of the molecule is CC#N.O.S. The maximum absolute atomic E-state index is 7.32. The average molecular weight is 93.2 g/mol. The molecule has 0 saturated heterocycles. The van der Waals surface area contributed by atoms with Crippen LogP contribution in [-0.4, -0.2) is 5.48 Å². The average Bonchev–Trinajstić information content (AvgIpc) is 0.918. The predicted molar refractivity (Wildman–Crippen MR) is 25.3 cm³/mol. The standard InChI is InChI=1S/C2H3N.H2O.H2S/c1-2-3;;/h1H3;2*1H2. The molecule has 0 heterocycles. The van der Waals surface area contributed by atoms with E-state index in [0.29, 0.717) is 0 Å². The first-order chi connectivity index (χ1) is 1.41. The summed E-state index contributed by atoms with van der Waals surface area (Å²) in [5.74, 6) is 0. The second kappa shape index (κ2) is 46.5. The van der Waals surface area contributed by atoms with Gasteiger partial charge in [0.1, 0.15) is 0 Å². The highest BCUT2D eigenvalue weighted by molar-refractivity contribution is 7.59. The summed E-state index contributed by atoms with van der Waals surface area (Å²) in [6, 6.07) is 1.75. The van der Waals surface area contributed by atoms with E-state index in [2.05, 4.69) is 0 Å². The first kappa shape index (κ1) is 21.4. The summed E-state index contributed by atoms with van der Waals surface area (Å²) < 4.78 is 0. The molecule has 0 aromatic heterocycles. The lowest BCUT2D eigenvalue weighted by Crippen LogP contribution is -1.10. The van der Waals surface area contributed by atoms with Crippen molar-refractivity contribution in [2.75, 3.05) is 0 Å². The molecule has 0 rings (SSSR count). The van der Waals surface area contributed by atoms with Crippen molar-refractivity contribution in [1.82, 2.24) is 0 Å². The highest BCUT2D eigenvalue weighted by atomic mass is 32.1. The summed E-state index contributed by atoms with van der Waals surface area (Å²) in [6.45, 7) is 1.43. The highest BCUT2D eigenvalue weighted by Crippen LogP contribution is 1.21. The van der Waals surface area contributed by atoms with Crippen molar-refractivity contribution in [1.29, 1.82) is 5.26 Å². The lowest BCUT2D eigenvalue weighted by Gasteiger charge is -1.15. The van der Waals surface area contributed by atoms with Crippen LogP contribution in [0.1, 0.15) is 6.92 Å². The van der Waals surface area contributed by atoms with Gasteiger partial charge in [-0.3, -0.25) is 0 Å². The lowest BCUT2D eigenvalue weighted by atomic mass is 11.0. The molecule has 0 aliphatic rings. The third kappa shape index (κ3) is 308. The fourth-order valence-electron chi connectivity index (χ4n) is 0. The molecule has 2 N–H and O–H groups in total. The van der Waals surface area contributed by atoms with E-state index in [-0.39, 0.29) is 19.0 Å². The van der Waals surface area contributed by atoms with Crippen molar-refractivity contribution in [3.63, 3.8) is 0 Å². The topological polar surface area (TPSA) is 55.3 Å². The van der Waals surface area contributed by atoms with Crippen molar-refractivity contribution in [3.05, 3.63) is 0 Å². The largest absolute Gasteiger partial charge is 0.412 e. The maximum Gasteiger partial charge on any atom is 0.0587 e. The third-order valence-electron chi connectivity index (χ3n) is 0. The monoisotopic (exact) mass is 93.0 g/mol. The molecule has 5 heavy (non-hydrogen) atoms. The van der Waals surface area contributed by atoms with Crippen LogP contribution in [0.3, 0.4) is 0 Å². The van der Waals surface area contributed by atoms with Crippen LogP contribution < -0.4 is 0 Å². The Kier molecular flexibility index (Phi) is 199. The minimum absolute atomic E-state index is 0. The molecular weight excluding hydrogens is 86.1 g/mol. The van der Waals surface area contributed by atoms with E-state index in [0.717, 1.165) is 0 Å². The molecule has 0 radical (unpaired) electrons. The third-order valence-corrected chi connectivity index (χ3v) is 0.